The van der Waals surface area contributed by atoms with E-state index in [4.69, 9.17) is 5.73 Å². The van der Waals surface area contributed by atoms with Gasteiger partial charge in [-0.25, -0.2) is 4.39 Å². The van der Waals surface area contributed by atoms with E-state index in [-0.39, 0.29) is 5.82 Å². The van der Waals surface area contributed by atoms with Crippen molar-refractivity contribution in [1.82, 2.24) is 0 Å². The summed E-state index contributed by atoms with van der Waals surface area (Å²) in [5.74, 6) is -0.206. The third-order valence-electron chi connectivity index (χ3n) is 2.19. The number of aliphatic hydroxyl groups excluding tert-OH is 1. The topological polar surface area (TPSA) is 46.2 Å². The monoisotopic (exact) mass is 197 g/mol. The first-order valence-corrected chi connectivity index (χ1v) is 4.76. The van der Waals surface area contributed by atoms with Crippen LogP contribution < -0.4 is 5.73 Å². The Hall–Kier alpha value is -0.930. The Balaban J connectivity index is 2.63. The summed E-state index contributed by atoms with van der Waals surface area (Å²) in [6, 6.07) is 4.89. The summed E-state index contributed by atoms with van der Waals surface area (Å²) >= 11 is 0. The largest absolute Gasteiger partial charge is 0.393 e. The molecule has 3 N–H and O–H groups in total. The maximum absolute atomic E-state index is 12.9. The Morgan fingerprint density at radius 2 is 2.21 bits per heavy atom. The molecule has 0 fully saturated rings. The lowest BCUT2D eigenvalue weighted by Gasteiger charge is -2.09. The van der Waals surface area contributed by atoms with E-state index in [1.165, 1.54) is 6.07 Å². The fraction of sp³-hybridized carbons (Fsp3) is 0.455. The molecule has 0 heterocycles. The van der Waals surface area contributed by atoms with Gasteiger partial charge in [0.25, 0.3) is 0 Å². The van der Waals surface area contributed by atoms with Crippen LogP contribution in [-0.4, -0.2) is 17.8 Å². The molecule has 0 saturated carbocycles. The molecule has 3 heteroatoms. The van der Waals surface area contributed by atoms with Crippen LogP contribution in [0.2, 0.25) is 0 Å². The minimum absolute atomic E-state index is 0.206. The first kappa shape index (κ1) is 11.1. The summed E-state index contributed by atoms with van der Waals surface area (Å²) in [4.78, 5) is 0. The quantitative estimate of drug-likeness (QED) is 0.766. The van der Waals surface area contributed by atoms with Crippen molar-refractivity contribution < 1.29 is 9.50 Å². The van der Waals surface area contributed by atoms with Crippen molar-refractivity contribution in [2.24, 2.45) is 5.73 Å². The molecule has 0 aliphatic rings. The Morgan fingerprint density at radius 3 is 2.79 bits per heavy atom. The predicted molar refractivity (Wildman–Crippen MR) is 54.5 cm³/mol. The van der Waals surface area contributed by atoms with Crippen molar-refractivity contribution in [1.29, 1.82) is 0 Å². The zero-order chi connectivity index (χ0) is 10.6. The number of aliphatic hydroxyl groups is 1. The van der Waals surface area contributed by atoms with E-state index >= 15 is 0 Å². The highest BCUT2D eigenvalue weighted by atomic mass is 19.1. The van der Waals surface area contributed by atoms with Crippen LogP contribution in [0.1, 0.15) is 17.5 Å². The maximum atomic E-state index is 12.9. The summed E-state index contributed by atoms with van der Waals surface area (Å²) in [5, 5.41) is 9.49. The Kier molecular flexibility index (Phi) is 4.04. The molecule has 0 aliphatic carbocycles. The number of halogens is 1. The molecule has 1 rings (SSSR count). The first-order valence-electron chi connectivity index (χ1n) is 4.76. The molecular weight excluding hydrogens is 181 g/mol. The van der Waals surface area contributed by atoms with Gasteiger partial charge in [0.15, 0.2) is 0 Å². The second kappa shape index (κ2) is 5.08. The highest BCUT2D eigenvalue weighted by molar-refractivity contribution is 5.24. The molecule has 1 aromatic rings. The maximum Gasteiger partial charge on any atom is 0.126 e. The van der Waals surface area contributed by atoms with E-state index < -0.39 is 6.10 Å². The second-order valence-corrected chi connectivity index (χ2v) is 3.52. The SMILES string of the molecule is Cc1cc(CC(O)CCN)ccc1F. The van der Waals surface area contributed by atoms with Gasteiger partial charge < -0.3 is 10.8 Å². The molecule has 0 radical (unpaired) electrons. The van der Waals surface area contributed by atoms with Crippen LogP contribution in [0.4, 0.5) is 4.39 Å². The van der Waals surface area contributed by atoms with E-state index in [0.717, 1.165) is 5.56 Å². The van der Waals surface area contributed by atoms with Crippen LogP contribution in [-0.2, 0) is 6.42 Å². The second-order valence-electron chi connectivity index (χ2n) is 3.52. The molecule has 1 atom stereocenters. The van der Waals surface area contributed by atoms with E-state index in [0.29, 0.717) is 24.9 Å². The van der Waals surface area contributed by atoms with Crippen LogP contribution in [0.3, 0.4) is 0 Å². The van der Waals surface area contributed by atoms with E-state index in [2.05, 4.69) is 0 Å². The molecule has 0 saturated heterocycles. The molecule has 0 aliphatic heterocycles. The molecule has 14 heavy (non-hydrogen) atoms. The van der Waals surface area contributed by atoms with Gasteiger partial charge in [0.05, 0.1) is 6.10 Å². The zero-order valence-electron chi connectivity index (χ0n) is 8.33. The number of nitrogens with two attached hydrogens (primary N) is 1. The number of hydrogen-bond donors (Lipinski definition) is 2. The predicted octanol–water partition coefficient (Wildman–Crippen LogP) is 1.39. The van der Waals surface area contributed by atoms with Crippen LogP contribution in [0, 0.1) is 12.7 Å². The Morgan fingerprint density at radius 1 is 1.50 bits per heavy atom. The minimum Gasteiger partial charge on any atom is -0.393 e. The van der Waals surface area contributed by atoms with Crippen molar-refractivity contribution in [3.8, 4) is 0 Å². The minimum atomic E-state index is -0.426. The molecule has 78 valence electrons. The van der Waals surface area contributed by atoms with E-state index in [9.17, 15) is 9.50 Å². The van der Waals surface area contributed by atoms with Gasteiger partial charge in [0.2, 0.25) is 0 Å². The van der Waals surface area contributed by atoms with Gasteiger partial charge in [0, 0.05) is 0 Å². The molecule has 0 amide bonds. The summed E-state index contributed by atoms with van der Waals surface area (Å²) in [6.07, 6.45) is 0.694. The van der Waals surface area contributed by atoms with Crippen molar-refractivity contribution in [3.63, 3.8) is 0 Å². The molecular formula is C11H16FNO. The third kappa shape index (κ3) is 3.09. The smallest absolute Gasteiger partial charge is 0.126 e. The number of rotatable bonds is 4. The molecule has 1 aromatic carbocycles. The van der Waals surface area contributed by atoms with Crippen LogP contribution in [0.25, 0.3) is 0 Å². The third-order valence-corrected chi connectivity index (χ3v) is 2.19. The van der Waals surface area contributed by atoms with E-state index in [1.54, 1.807) is 19.1 Å². The lowest BCUT2D eigenvalue weighted by Crippen LogP contribution is -2.16. The first-order chi connectivity index (χ1) is 6.63. The van der Waals surface area contributed by atoms with Crippen molar-refractivity contribution >= 4 is 0 Å². The average molecular weight is 197 g/mol. The summed E-state index contributed by atoms with van der Waals surface area (Å²) in [7, 11) is 0. The van der Waals surface area contributed by atoms with Crippen LogP contribution >= 0.6 is 0 Å². The molecule has 0 aromatic heterocycles. The van der Waals surface area contributed by atoms with Crippen LogP contribution in [0.5, 0.6) is 0 Å². The Labute approximate surface area is 83.6 Å². The van der Waals surface area contributed by atoms with Gasteiger partial charge in [-0.2, -0.15) is 0 Å². The van der Waals surface area contributed by atoms with Gasteiger partial charge in [-0.05, 0) is 43.5 Å². The average Bonchev–Trinajstić information content (AvgIpc) is 2.12. The summed E-state index contributed by atoms with van der Waals surface area (Å²) in [5.41, 5.74) is 6.88. The fourth-order valence-corrected chi connectivity index (χ4v) is 1.40. The standard InChI is InChI=1S/C11H16FNO/c1-8-6-9(2-3-11(8)12)7-10(14)4-5-13/h2-3,6,10,14H,4-5,7,13H2,1H3. The van der Waals surface area contributed by atoms with Crippen molar-refractivity contribution in [2.45, 2.75) is 25.9 Å². The van der Waals surface area contributed by atoms with Gasteiger partial charge in [0.1, 0.15) is 5.82 Å². The van der Waals surface area contributed by atoms with Gasteiger partial charge >= 0.3 is 0 Å². The van der Waals surface area contributed by atoms with Crippen molar-refractivity contribution in [3.05, 3.63) is 35.1 Å². The van der Waals surface area contributed by atoms with Gasteiger partial charge in [-0.15, -0.1) is 0 Å². The fourth-order valence-electron chi connectivity index (χ4n) is 1.40. The normalized spacial score (nSPS) is 12.9. The molecule has 0 spiro atoms. The van der Waals surface area contributed by atoms with Crippen LogP contribution in [0.15, 0.2) is 18.2 Å². The zero-order valence-corrected chi connectivity index (χ0v) is 8.33. The lowest BCUT2D eigenvalue weighted by atomic mass is 10.0. The number of hydrogen-bond acceptors (Lipinski definition) is 2. The summed E-state index contributed by atoms with van der Waals surface area (Å²) in [6.45, 7) is 2.19. The highest BCUT2D eigenvalue weighted by Crippen LogP contribution is 2.11. The van der Waals surface area contributed by atoms with Gasteiger partial charge in [-0.3, -0.25) is 0 Å². The number of benzene rings is 1. The van der Waals surface area contributed by atoms with Gasteiger partial charge in [-0.1, -0.05) is 12.1 Å². The highest BCUT2D eigenvalue weighted by Gasteiger charge is 2.05. The molecule has 1 unspecified atom stereocenters. The molecule has 0 bridgehead atoms. The molecule has 2 nitrogen and oxygen atoms in total. The van der Waals surface area contributed by atoms with E-state index in [1.807, 2.05) is 0 Å². The van der Waals surface area contributed by atoms with Crippen molar-refractivity contribution in [2.75, 3.05) is 6.54 Å². The number of aryl methyl sites for hydroxylation is 1. The summed E-state index contributed by atoms with van der Waals surface area (Å²) < 4.78 is 12.9. The Bertz CT molecular complexity index is 301. The lowest BCUT2D eigenvalue weighted by molar-refractivity contribution is 0.167.